The van der Waals surface area contributed by atoms with Crippen LogP contribution in [0, 0.1) is 0 Å². The molecular weight excluding hydrogens is 827 g/mol. The molecule has 0 heterocycles. The monoisotopic (exact) mass is 944 g/mol. The zero-order valence-electron chi connectivity index (χ0n) is 45.1. The van der Waals surface area contributed by atoms with E-state index < -0.39 is 12.1 Å². The maximum atomic E-state index is 12.5. The largest absolute Gasteiger partial charge is 0.466 e. The van der Waals surface area contributed by atoms with E-state index in [-0.39, 0.29) is 18.5 Å². The van der Waals surface area contributed by atoms with Crippen molar-refractivity contribution in [2.45, 2.75) is 341 Å². The molecule has 1 amide bonds. The third-order valence-electron chi connectivity index (χ3n) is 14.0. The minimum Gasteiger partial charge on any atom is -0.466 e. The predicted octanol–water partition coefficient (Wildman–Crippen LogP) is 18.6. The number of hydrogen-bond donors (Lipinski definition) is 3. The Balaban J connectivity index is 3.36. The number of amides is 1. The highest BCUT2D eigenvalue weighted by Gasteiger charge is 2.20. The number of allylic oxidation sites excluding steroid dienone is 4. The third kappa shape index (κ3) is 53.5. The molecule has 6 nitrogen and oxygen atoms in total. The molecule has 0 aliphatic carbocycles. The summed E-state index contributed by atoms with van der Waals surface area (Å²) in [5.41, 5.74) is 0. The third-order valence-corrected chi connectivity index (χ3v) is 14.0. The van der Waals surface area contributed by atoms with Crippen LogP contribution in [0.15, 0.2) is 24.3 Å². The van der Waals surface area contributed by atoms with Crippen molar-refractivity contribution in [3.05, 3.63) is 24.3 Å². The molecule has 2 atom stereocenters. The Bertz CT molecular complexity index is 1040. The van der Waals surface area contributed by atoms with Crippen LogP contribution in [0.5, 0.6) is 0 Å². The predicted molar refractivity (Wildman–Crippen MR) is 292 cm³/mol. The fraction of sp³-hybridized carbons (Fsp3) is 0.902. The Morgan fingerprint density at radius 1 is 0.418 bits per heavy atom. The van der Waals surface area contributed by atoms with Gasteiger partial charge in [0.1, 0.15) is 0 Å². The van der Waals surface area contributed by atoms with Crippen LogP contribution in [0.2, 0.25) is 0 Å². The molecule has 0 saturated heterocycles. The van der Waals surface area contributed by atoms with Gasteiger partial charge in [0.15, 0.2) is 0 Å². The van der Waals surface area contributed by atoms with Crippen LogP contribution in [0.4, 0.5) is 0 Å². The second-order valence-corrected chi connectivity index (χ2v) is 20.7. The number of esters is 1. The molecule has 0 rings (SSSR count). The summed E-state index contributed by atoms with van der Waals surface area (Å²) in [6, 6.07) is -0.539. The fourth-order valence-electron chi connectivity index (χ4n) is 9.39. The van der Waals surface area contributed by atoms with Crippen LogP contribution >= 0.6 is 0 Å². The second-order valence-electron chi connectivity index (χ2n) is 20.7. The van der Waals surface area contributed by atoms with Crippen LogP contribution in [-0.4, -0.2) is 47.4 Å². The van der Waals surface area contributed by atoms with Crippen LogP contribution in [0.3, 0.4) is 0 Å². The van der Waals surface area contributed by atoms with Crippen molar-refractivity contribution >= 4 is 11.9 Å². The summed E-state index contributed by atoms with van der Waals surface area (Å²) in [6.07, 6.45) is 69.0. The molecule has 396 valence electrons. The Kier molecular flexibility index (Phi) is 55.5. The van der Waals surface area contributed by atoms with E-state index in [0.29, 0.717) is 25.9 Å². The van der Waals surface area contributed by atoms with Gasteiger partial charge in [0.25, 0.3) is 0 Å². The molecule has 0 spiro atoms. The van der Waals surface area contributed by atoms with E-state index >= 15 is 0 Å². The van der Waals surface area contributed by atoms with Crippen molar-refractivity contribution in [1.29, 1.82) is 0 Å². The van der Waals surface area contributed by atoms with Gasteiger partial charge in [-0.3, -0.25) is 9.59 Å². The highest BCUT2D eigenvalue weighted by molar-refractivity contribution is 5.76. The standard InChI is InChI=1S/C61H117NO5/c1-3-5-7-9-11-13-15-29-33-37-41-45-49-53-59(64)58(57-63)62-60(65)54-50-46-42-38-34-31-27-25-23-21-19-17-18-20-22-24-26-28-32-36-40-44-48-52-56-67-61(66)55-51-47-43-39-35-30-16-14-12-10-8-6-4-2/h8,10,14,16,58-59,63-64H,3-7,9,11-13,15,17-57H2,1-2H3,(H,62,65)/b10-8-,16-14-. The van der Waals surface area contributed by atoms with E-state index in [0.717, 1.165) is 51.4 Å². The first kappa shape index (κ1) is 65.3. The van der Waals surface area contributed by atoms with E-state index in [1.165, 1.54) is 244 Å². The quantitative estimate of drug-likeness (QED) is 0.0321. The van der Waals surface area contributed by atoms with Crippen LogP contribution < -0.4 is 5.32 Å². The smallest absolute Gasteiger partial charge is 0.305 e. The highest BCUT2D eigenvalue weighted by Crippen LogP contribution is 2.18. The van der Waals surface area contributed by atoms with Gasteiger partial charge in [-0.2, -0.15) is 0 Å². The van der Waals surface area contributed by atoms with E-state index in [1.54, 1.807) is 0 Å². The van der Waals surface area contributed by atoms with Gasteiger partial charge < -0.3 is 20.3 Å². The van der Waals surface area contributed by atoms with Gasteiger partial charge in [0, 0.05) is 12.8 Å². The number of rotatable bonds is 56. The van der Waals surface area contributed by atoms with E-state index in [4.69, 9.17) is 4.74 Å². The minimum atomic E-state index is -0.662. The SMILES string of the molecule is CCC/C=C\C/C=C\CCCCCCCC(=O)OCCCCCCCCCCCCCCCCCCCCCCCCCCC(=O)NC(CO)C(O)CCCCCCCCCCCCCCC. The molecule has 0 aromatic carbocycles. The van der Waals surface area contributed by atoms with Gasteiger partial charge in [-0.1, -0.05) is 289 Å². The fourth-order valence-corrected chi connectivity index (χ4v) is 9.39. The van der Waals surface area contributed by atoms with Crippen molar-refractivity contribution in [1.82, 2.24) is 5.32 Å². The molecule has 3 N–H and O–H groups in total. The number of carbonyl (C=O) groups is 2. The van der Waals surface area contributed by atoms with Crippen molar-refractivity contribution in [2.24, 2.45) is 0 Å². The number of unbranched alkanes of at least 4 members (excludes halogenated alkanes) is 41. The molecule has 0 fully saturated rings. The normalized spacial score (nSPS) is 12.7. The summed E-state index contributed by atoms with van der Waals surface area (Å²) in [5, 5.41) is 23.2. The van der Waals surface area contributed by atoms with Crippen LogP contribution in [0.1, 0.15) is 328 Å². The second kappa shape index (κ2) is 56.9. The Morgan fingerprint density at radius 2 is 0.776 bits per heavy atom. The first-order valence-electron chi connectivity index (χ1n) is 30.1. The van der Waals surface area contributed by atoms with E-state index in [9.17, 15) is 19.8 Å². The summed E-state index contributed by atoms with van der Waals surface area (Å²) in [6.45, 7) is 4.89. The Labute approximate surface area is 418 Å². The molecule has 0 radical (unpaired) electrons. The molecule has 0 saturated carbocycles. The van der Waals surface area contributed by atoms with Crippen molar-refractivity contribution in [2.75, 3.05) is 13.2 Å². The molecule has 0 aromatic heterocycles. The number of aliphatic hydroxyl groups is 2. The molecule has 0 aliphatic heterocycles. The number of carbonyl (C=O) groups excluding carboxylic acids is 2. The van der Waals surface area contributed by atoms with E-state index in [1.807, 2.05) is 0 Å². The van der Waals surface area contributed by atoms with Gasteiger partial charge in [-0.15, -0.1) is 0 Å². The lowest BCUT2D eigenvalue weighted by molar-refractivity contribution is -0.143. The van der Waals surface area contributed by atoms with Crippen LogP contribution in [0.25, 0.3) is 0 Å². The first-order valence-corrected chi connectivity index (χ1v) is 30.1. The molecule has 0 aromatic rings. The lowest BCUT2D eigenvalue weighted by Crippen LogP contribution is -2.45. The summed E-state index contributed by atoms with van der Waals surface area (Å²) < 4.78 is 5.47. The van der Waals surface area contributed by atoms with E-state index in [2.05, 4.69) is 43.5 Å². The average Bonchev–Trinajstić information content (AvgIpc) is 3.33. The van der Waals surface area contributed by atoms with Gasteiger partial charge in [-0.25, -0.2) is 0 Å². The first-order chi connectivity index (χ1) is 33.0. The number of ether oxygens (including phenoxy) is 1. The molecule has 0 bridgehead atoms. The maximum Gasteiger partial charge on any atom is 0.305 e. The van der Waals surface area contributed by atoms with Crippen molar-refractivity contribution in [3.63, 3.8) is 0 Å². The minimum absolute atomic E-state index is 0.000227. The number of nitrogens with one attached hydrogen (secondary N) is 1. The zero-order chi connectivity index (χ0) is 48.6. The Hall–Kier alpha value is -1.66. The number of aliphatic hydroxyl groups excluding tert-OH is 2. The summed E-state index contributed by atoms with van der Waals surface area (Å²) in [4.78, 5) is 24.5. The molecular formula is C61H117NO5. The maximum absolute atomic E-state index is 12.5. The molecule has 0 aliphatic rings. The van der Waals surface area contributed by atoms with Gasteiger partial charge >= 0.3 is 5.97 Å². The summed E-state index contributed by atoms with van der Waals surface area (Å²) in [7, 11) is 0. The van der Waals surface area contributed by atoms with Gasteiger partial charge in [0.05, 0.1) is 25.4 Å². The lowest BCUT2D eigenvalue weighted by Gasteiger charge is -2.22. The van der Waals surface area contributed by atoms with Crippen molar-refractivity contribution < 1.29 is 24.5 Å². The van der Waals surface area contributed by atoms with Crippen molar-refractivity contribution in [3.8, 4) is 0 Å². The zero-order valence-corrected chi connectivity index (χ0v) is 45.1. The summed E-state index contributed by atoms with van der Waals surface area (Å²) >= 11 is 0. The van der Waals surface area contributed by atoms with Gasteiger partial charge in [0.2, 0.25) is 5.91 Å². The van der Waals surface area contributed by atoms with Crippen LogP contribution in [-0.2, 0) is 14.3 Å². The molecule has 67 heavy (non-hydrogen) atoms. The average molecular weight is 945 g/mol. The summed E-state index contributed by atoms with van der Waals surface area (Å²) in [5.74, 6) is -0.0327. The lowest BCUT2D eigenvalue weighted by atomic mass is 10.0. The Morgan fingerprint density at radius 3 is 1.19 bits per heavy atom. The highest BCUT2D eigenvalue weighted by atomic mass is 16.5. The molecule has 2 unspecified atom stereocenters. The van der Waals surface area contributed by atoms with Gasteiger partial charge in [-0.05, 0) is 51.4 Å². The molecule has 6 heteroatoms. The topological polar surface area (TPSA) is 95.9 Å². The number of hydrogen-bond acceptors (Lipinski definition) is 5.